The molecule has 132 valence electrons. The Balaban J connectivity index is 1.59. The minimum absolute atomic E-state index is 0.00687. The van der Waals surface area contributed by atoms with Gasteiger partial charge >= 0.3 is 0 Å². The fourth-order valence-corrected chi connectivity index (χ4v) is 3.89. The van der Waals surface area contributed by atoms with Crippen LogP contribution in [0.4, 0.5) is 10.8 Å². The van der Waals surface area contributed by atoms with E-state index in [1.54, 1.807) is 35.6 Å². The fraction of sp³-hybridized carbons (Fsp3) is 0.421. The topological polar surface area (TPSA) is 71.1 Å². The molecule has 0 unspecified atom stereocenters. The lowest BCUT2D eigenvalue weighted by molar-refractivity contribution is -0.116. The molecule has 0 saturated heterocycles. The summed E-state index contributed by atoms with van der Waals surface area (Å²) in [5.74, 6) is -0.164. The molecule has 0 spiro atoms. The Morgan fingerprint density at radius 3 is 2.60 bits per heavy atom. The first-order valence-corrected chi connectivity index (χ1v) is 9.67. The van der Waals surface area contributed by atoms with E-state index < -0.39 is 0 Å². The third kappa shape index (κ3) is 4.66. The van der Waals surface area contributed by atoms with Crippen LogP contribution in [0.5, 0.6) is 0 Å². The maximum atomic E-state index is 12.4. The van der Waals surface area contributed by atoms with Crippen LogP contribution in [-0.4, -0.2) is 16.8 Å². The van der Waals surface area contributed by atoms with E-state index in [2.05, 4.69) is 22.5 Å². The Bertz CT molecular complexity index is 729. The second kappa shape index (κ2) is 8.25. The number of benzene rings is 1. The third-order valence-electron chi connectivity index (χ3n) is 4.25. The number of fused-ring (bicyclic) bond motifs is 1. The van der Waals surface area contributed by atoms with Crippen molar-refractivity contribution in [3.8, 4) is 0 Å². The van der Waals surface area contributed by atoms with Crippen LogP contribution in [0.15, 0.2) is 24.3 Å². The highest BCUT2D eigenvalue weighted by molar-refractivity contribution is 7.15. The average molecular weight is 357 g/mol. The first-order chi connectivity index (χ1) is 12.2. The van der Waals surface area contributed by atoms with Gasteiger partial charge in [-0.15, -0.1) is 11.3 Å². The monoisotopic (exact) mass is 357 g/mol. The molecule has 5 nitrogen and oxygen atoms in total. The number of carbonyl (C=O) groups is 2. The number of amides is 2. The lowest BCUT2D eigenvalue weighted by Crippen LogP contribution is -2.13. The number of aromatic nitrogens is 1. The molecule has 1 heterocycles. The summed E-state index contributed by atoms with van der Waals surface area (Å²) < 4.78 is 0. The summed E-state index contributed by atoms with van der Waals surface area (Å²) >= 11 is 1.58. The standard InChI is InChI=1S/C19H23N3O2S/c1-2-3-8-17(23)20-14-11-9-13(10-12-14)18(24)22-19-21-15-6-4-5-7-16(15)25-19/h9-12H,2-8H2,1H3,(H,20,23)(H,21,22,24). The van der Waals surface area contributed by atoms with Gasteiger partial charge in [-0.2, -0.15) is 0 Å². The zero-order chi connectivity index (χ0) is 17.6. The molecule has 2 aromatic rings. The summed E-state index contributed by atoms with van der Waals surface area (Å²) in [6, 6.07) is 6.95. The second-order valence-electron chi connectivity index (χ2n) is 6.28. The van der Waals surface area contributed by atoms with Crippen molar-refractivity contribution in [3.05, 3.63) is 40.4 Å². The van der Waals surface area contributed by atoms with E-state index in [1.165, 1.54) is 17.7 Å². The molecule has 1 aromatic carbocycles. The number of nitrogens with zero attached hydrogens (tertiary/aromatic N) is 1. The molecule has 25 heavy (non-hydrogen) atoms. The Morgan fingerprint density at radius 1 is 1.12 bits per heavy atom. The van der Waals surface area contributed by atoms with Gasteiger partial charge in [0.1, 0.15) is 0 Å². The molecule has 0 aliphatic heterocycles. The normalized spacial score (nSPS) is 13.2. The Hall–Kier alpha value is -2.21. The highest BCUT2D eigenvalue weighted by Crippen LogP contribution is 2.29. The Kier molecular flexibility index (Phi) is 5.81. The smallest absolute Gasteiger partial charge is 0.257 e. The number of anilines is 2. The Morgan fingerprint density at radius 2 is 1.88 bits per heavy atom. The number of hydrogen-bond donors (Lipinski definition) is 2. The van der Waals surface area contributed by atoms with Gasteiger partial charge in [-0.3, -0.25) is 14.9 Å². The van der Waals surface area contributed by atoms with Crippen molar-refractivity contribution in [1.82, 2.24) is 4.98 Å². The van der Waals surface area contributed by atoms with Crippen LogP contribution in [-0.2, 0) is 17.6 Å². The third-order valence-corrected chi connectivity index (χ3v) is 5.33. The minimum atomic E-state index is -0.171. The van der Waals surface area contributed by atoms with E-state index in [0.717, 1.165) is 31.4 Å². The van der Waals surface area contributed by atoms with Crippen LogP contribution in [0.2, 0.25) is 0 Å². The summed E-state index contributed by atoms with van der Waals surface area (Å²) in [4.78, 5) is 29.9. The fourth-order valence-electron chi connectivity index (χ4n) is 2.84. The lowest BCUT2D eigenvalue weighted by Gasteiger charge is -2.06. The van der Waals surface area contributed by atoms with E-state index >= 15 is 0 Å². The van der Waals surface area contributed by atoms with Gasteiger partial charge in [0.25, 0.3) is 5.91 Å². The van der Waals surface area contributed by atoms with Gasteiger partial charge in [0.05, 0.1) is 5.69 Å². The van der Waals surface area contributed by atoms with Crippen molar-refractivity contribution in [2.75, 3.05) is 10.6 Å². The lowest BCUT2D eigenvalue weighted by atomic mass is 10.0. The number of hydrogen-bond acceptors (Lipinski definition) is 4. The molecule has 2 N–H and O–H groups in total. The number of carbonyl (C=O) groups excluding carboxylic acids is 2. The number of nitrogens with one attached hydrogen (secondary N) is 2. The van der Waals surface area contributed by atoms with Gasteiger partial charge in [0.15, 0.2) is 5.13 Å². The van der Waals surface area contributed by atoms with Crippen LogP contribution < -0.4 is 10.6 Å². The van der Waals surface area contributed by atoms with Gasteiger partial charge in [0.2, 0.25) is 5.91 Å². The number of thiazole rings is 1. The predicted molar refractivity (Wildman–Crippen MR) is 101 cm³/mol. The van der Waals surface area contributed by atoms with Crippen LogP contribution in [0.3, 0.4) is 0 Å². The first-order valence-electron chi connectivity index (χ1n) is 8.85. The van der Waals surface area contributed by atoms with Crippen LogP contribution in [0.25, 0.3) is 0 Å². The highest BCUT2D eigenvalue weighted by atomic mass is 32.1. The first kappa shape index (κ1) is 17.6. The van der Waals surface area contributed by atoms with Crippen molar-refractivity contribution in [3.63, 3.8) is 0 Å². The largest absolute Gasteiger partial charge is 0.326 e. The molecule has 3 rings (SSSR count). The maximum Gasteiger partial charge on any atom is 0.257 e. The molecule has 0 saturated carbocycles. The van der Waals surface area contributed by atoms with Crippen LogP contribution in [0, 0.1) is 0 Å². The van der Waals surface area contributed by atoms with E-state index in [-0.39, 0.29) is 11.8 Å². The summed E-state index contributed by atoms with van der Waals surface area (Å²) in [5, 5.41) is 6.40. The summed E-state index contributed by atoms with van der Waals surface area (Å²) in [6.45, 7) is 2.06. The molecule has 0 bridgehead atoms. The minimum Gasteiger partial charge on any atom is -0.326 e. The molecule has 1 aliphatic carbocycles. The van der Waals surface area contributed by atoms with Gasteiger partial charge in [-0.25, -0.2) is 4.98 Å². The molecule has 2 amide bonds. The molecular weight excluding hydrogens is 334 g/mol. The number of rotatable bonds is 6. The van der Waals surface area contributed by atoms with Crippen LogP contribution in [0.1, 0.15) is 60.0 Å². The molecule has 0 radical (unpaired) electrons. The summed E-state index contributed by atoms with van der Waals surface area (Å²) in [6.07, 6.45) is 6.84. The Labute approximate surface area is 151 Å². The molecule has 1 aliphatic rings. The zero-order valence-corrected chi connectivity index (χ0v) is 15.2. The average Bonchev–Trinajstić information content (AvgIpc) is 3.02. The molecule has 0 fully saturated rings. The van der Waals surface area contributed by atoms with Crippen molar-refractivity contribution in [2.45, 2.75) is 51.9 Å². The highest BCUT2D eigenvalue weighted by Gasteiger charge is 2.16. The molecule has 1 aromatic heterocycles. The van der Waals surface area contributed by atoms with Gasteiger partial charge in [-0.1, -0.05) is 13.3 Å². The summed E-state index contributed by atoms with van der Waals surface area (Å²) in [7, 11) is 0. The molecular formula is C19H23N3O2S. The number of aryl methyl sites for hydroxylation is 2. The van der Waals surface area contributed by atoms with Crippen molar-refractivity contribution < 1.29 is 9.59 Å². The van der Waals surface area contributed by atoms with E-state index in [9.17, 15) is 9.59 Å². The second-order valence-corrected chi connectivity index (χ2v) is 7.36. The predicted octanol–water partition coefficient (Wildman–Crippen LogP) is 4.40. The van der Waals surface area contributed by atoms with E-state index in [1.807, 2.05) is 0 Å². The van der Waals surface area contributed by atoms with E-state index in [0.29, 0.717) is 22.8 Å². The molecule has 0 atom stereocenters. The van der Waals surface area contributed by atoms with Gasteiger partial charge in [-0.05, 0) is 56.4 Å². The zero-order valence-electron chi connectivity index (χ0n) is 14.4. The van der Waals surface area contributed by atoms with E-state index in [4.69, 9.17) is 0 Å². The van der Waals surface area contributed by atoms with Crippen molar-refractivity contribution >= 4 is 34.0 Å². The number of unbranched alkanes of at least 4 members (excludes halogenated alkanes) is 1. The van der Waals surface area contributed by atoms with Crippen molar-refractivity contribution in [1.29, 1.82) is 0 Å². The quantitative estimate of drug-likeness (QED) is 0.805. The van der Waals surface area contributed by atoms with Crippen LogP contribution >= 0.6 is 11.3 Å². The summed E-state index contributed by atoms with van der Waals surface area (Å²) in [5.41, 5.74) is 2.40. The van der Waals surface area contributed by atoms with Gasteiger partial charge in [0, 0.05) is 22.5 Å². The maximum absolute atomic E-state index is 12.4. The SMILES string of the molecule is CCCCC(=O)Nc1ccc(C(=O)Nc2nc3c(s2)CCCC3)cc1. The van der Waals surface area contributed by atoms with Crippen molar-refractivity contribution in [2.24, 2.45) is 0 Å². The van der Waals surface area contributed by atoms with Gasteiger partial charge < -0.3 is 5.32 Å². The molecule has 6 heteroatoms.